The summed E-state index contributed by atoms with van der Waals surface area (Å²) in [6, 6.07) is 7.39. The predicted molar refractivity (Wildman–Crippen MR) is 209 cm³/mol. The van der Waals surface area contributed by atoms with Crippen LogP contribution >= 0.6 is 36.2 Å². The fraction of sp³-hybridized carbons (Fsp3) is 0.568. The van der Waals surface area contributed by atoms with Gasteiger partial charge in [0.1, 0.15) is 11.6 Å². The summed E-state index contributed by atoms with van der Waals surface area (Å²) in [7, 11) is 0. The number of nitrogens with zero attached hydrogens (tertiary/aromatic N) is 7. The molecular weight excluding hydrogens is 753 g/mol. The normalized spacial score (nSPS) is 26.3. The van der Waals surface area contributed by atoms with Gasteiger partial charge >= 0.3 is 0 Å². The second-order valence-corrected chi connectivity index (χ2v) is 15.7. The SMILES string of the molecule is C[C@@H]1CN(CCOC2CCC(N3C(=S)N(c4cnc(C#N)c(Cl)c4)C(=O)C3(C)C)CC2)C[C@H](C)N1CC(=O)Nc1ccc(C2CCC(=O)NC2=O)nc1.Cl. The lowest BCUT2D eigenvalue weighted by Crippen LogP contribution is -2.58. The lowest BCUT2D eigenvalue weighted by atomic mass is 9.89. The number of hydrogen-bond acceptors (Lipinski definition) is 11. The summed E-state index contributed by atoms with van der Waals surface area (Å²) in [5.74, 6) is -1.35. The summed E-state index contributed by atoms with van der Waals surface area (Å²) in [4.78, 5) is 66.8. The van der Waals surface area contributed by atoms with Gasteiger partial charge in [-0.3, -0.25) is 44.2 Å². The number of anilines is 2. The minimum absolute atomic E-state index is 0. The molecule has 2 aromatic rings. The molecule has 1 unspecified atom stereocenters. The number of rotatable bonds is 10. The van der Waals surface area contributed by atoms with Crippen molar-refractivity contribution < 1.29 is 23.9 Å². The molecule has 0 aromatic carbocycles. The van der Waals surface area contributed by atoms with Crippen molar-refractivity contribution in [3.63, 3.8) is 0 Å². The van der Waals surface area contributed by atoms with E-state index in [1.807, 2.05) is 24.8 Å². The zero-order chi connectivity index (χ0) is 38.0. The standard InChI is InChI=1S/C37H46ClN9O5S.ClH/c1-22-19-44(20-23(2)45(22)21-33(49)42-24-5-11-30(40-17-24)28-10-12-32(48)43-34(28)50)13-14-52-27-8-6-25(7-9-27)47-36(53)46(35(51)37(47,3)4)26-15-29(38)31(16-39)41-18-26;/h5,11,15,17-18,22-23,25,27-28H,6-10,12-14,19-21H2,1-4H3,(H,42,49)(H,43,48,50);1H/t22-,23+,25?,27?,28?;. The lowest BCUT2D eigenvalue weighted by molar-refractivity contribution is -0.134. The quantitative estimate of drug-likeness (QED) is 0.263. The minimum Gasteiger partial charge on any atom is -0.377 e. The maximum absolute atomic E-state index is 13.6. The van der Waals surface area contributed by atoms with Gasteiger partial charge in [0, 0.05) is 44.2 Å². The van der Waals surface area contributed by atoms with Crippen LogP contribution in [0.2, 0.25) is 5.02 Å². The lowest BCUT2D eigenvalue weighted by Gasteiger charge is -2.44. The highest BCUT2D eigenvalue weighted by Gasteiger charge is 2.52. The van der Waals surface area contributed by atoms with Gasteiger partial charge < -0.3 is 15.0 Å². The molecule has 290 valence electrons. The van der Waals surface area contributed by atoms with Crippen LogP contribution in [0.1, 0.15) is 83.5 Å². The number of aromatic nitrogens is 2. The zero-order valence-corrected chi connectivity index (χ0v) is 33.3. The van der Waals surface area contributed by atoms with Crippen LogP contribution in [-0.4, -0.2) is 116 Å². The predicted octanol–water partition coefficient (Wildman–Crippen LogP) is 4.02. The van der Waals surface area contributed by atoms with Crippen molar-refractivity contribution in [2.75, 3.05) is 43.0 Å². The summed E-state index contributed by atoms with van der Waals surface area (Å²) in [6.45, 7) is 11.4. The van der Waals surface area contributed by atoms with E-state index < -0.39 is 11.5 Å². The number of nitriles is 1. The minimum atomic E-state index is -0.839. The smallest absolute Gasteiger partial charge is 0.258 e. The molecule has 3 aliphatic heterocycles. The van der Waals surface area contributed by atoms with Crippen molar-refractivity contribution in [1.29, 1.82) is 5.26 Å². The second kappa shape index (κ2) is 17.3. The highest BCUT2D eigenvalue weighted by molar-refractivity contribution is 7.80. The fourth-order valence-corrected chi connectivity index (χ4v) is 8.86. The van der Waals surface area contributed by atoms with E-state index in [2.05, 4.69) is 44.2 Å². The van der Waals surface area contributed by atoms with Crippen molar-refractivity contribution in [3.05, 3.63) is 47.0 Å². The van der Waals surface area contributed by atoms with Crippen LogP contribution < -0.4 is 15.5 Å². The molecule has 0 radical (unpaired) electrons. The Kier molecular flexibility index (Phi) is 13.3. The first kappa shape index (κ1) is 41.4. The largest absolute Gasteiger partial charge is 0.377 e. The van der Waals surface area contributed by atoms with E-state index in [1.165, 1.54) is 11.1 Å². The Morgan fingerprint density at radius 3 is 2.41 bits per heavy atom. The molecule has 4 amide bonds. The third-order valence-electron chi connectivity index (χ3n) is 10.9. The molecule has 0 spiro atoms. The van der Waals surface area contributed by atoms with E-state index in [0.29, 0.717) is 35.2 Å². The molecule has 3 atom stereocenters. The Hall–Kier alpha value is -3.78. The van der Waals surface area contributed by atoms with Gasteiger partial charge in [0.15, 0.2) is 10.8 Å². The highest BCUT2D eigenvalue weighted by Crippen LogP contribution is 2.39. The number of imide groups is 1. The molecule has 4 fully saturated rings. The number of carbonyl (C=O) groups excluding carboxylic acids is 4. The molecule has 14 nitrogen and oxygen atoms in total. The molecular formula is C37H47Cl2N9O5S. The van der Waals surface area contributed by atoms with Crippen LogP contribution in [-0.2, 0) is 23.9 Å². The third-order valence-corrected chi connectivity index (χ3v) is 11.5. The van der Waals surface area contributed by atoms with Crippen molar-refractivity contribution in [3.8, 4) is 6.07 Å². The van der Waals surface area contributed by atoms with Crippen molar-refractivity contribution in [2.45, 2.75) is 102 Å². The number of hydrogen-bond donors (Lipinski definition) is 2. The van der Waals surface area contributed by atoms with E-state index >= 15 is 0 Å². The summed E-state index contributed by atoms with van der Waals surface area (Å²) < 4.78 is 6.37. The van der Waals surface area contributed by atoms with Gasteiger partial charge in [-0.2, -0.15) is 5.26 Å². The van der Waals surface area contributed by atoms with Gasteiger partial charge in [-0.25, -0.2) is 4.98 Å². The fourth-order valence-electron chi connectivity index (χ4n) is 8.09. The maximum Gasteiger partial charge on any atom is 0.258 e. The molecule has 17 heteroatoms. The summed E-state index contributed by atoms with van der Waals surface area (Å²) in [5.41, 5.74) is 0.854. The van der Waals surface area contributed by atoms with Crippen LogP contribution in [0.4, 0.5) is 11.4 Å². The van der Waals surface area contributed by atoms with E-state index in [4.69, 9.17) is 28.6 Å². The van der Waals surface area contributed by atoms with E-state index in [1.54, 1.807) is 24.4 Å². The van der Waals surface area contributed by atoms with Gasteiger partial charge in [0.2, 0.25) is 17.7 Å². The average molecular weight is 801 g/mol. The molecule has 54 heavy (non-hydrogen) atoms. The monoisotopic (exact) mass is 799 g/mol. The van der Waals surface area contributed by atoms with Gasteiger partial charge in [-0.1, -0.05) is 11.6 Å². The molecule has 4 aliphatic rings. The van der Waals surface area contributed by atoms with Gasteiger partial charge in [-0.05, 0) is 90.2 Å². The second-order valence-electron chi connectivity index (χ2n) is 14.9. The summed E-state index contributed by atoms with van der Waals surface area (Å²) in [5, 5.41) is 15.1. The Balaban J connectivity index is 0.00000561. The molecule has 0 bridgehead atoms. The molecule has 1 saturated carbocycles. The number of pyridine rings is 2. The number of halogens is 2. The number of nitrogens with one attached hydrogen (secondary N) is 2. The van der Waals surface area contributed by atoms with Crippen molar-refractivity contribution in [2.24, 2.45) is 0 Å². The first-order valence-corrected chi connectivity index (χ1v) is 19.0. The summed E-state index contributed by atoms with van der Waals surface area (Å²) >= 11 is 12.1. The van der Waals surface area contributed by atoms with Gasteiger partial charge in [0.05, 0.1) is 59.7 Å². The van der Waals surface area contributed by atoms with Crippen LogP contribution in [0.15, 0.2) is 30.6 Å². The Morgan fingerprint density at radius 1 is 1.09 bits per heavy atom. The van der Waals surface area contributed by atoms with E-state index in [9.17, 15) is 24.4 Å². The summed E-state index contributed by atoms with van der Waals surface area (Å²) in [6.07, 6.45) is 7.27. The zero-order valence-electron chi connectivity index (χ0n) is 30.9. The van der Waals surface area contributed by atoms with E-state index in [-0.39, 0.29) is 83.9 Å². The first-order valence-electron chi connectivity index (χ1n) is 18.2. The average Bonchev–Trinajstić information content (AvgIpc) is 3.29. The number of carbonyl (C=O) groups is 4. The van der Waals surface area contributed by atoms with Crippen molar-refractivity contribution >= 4 is 76.3 Å². The van der Waals surface area contributed by atoms with E-state index in [0.717, 1.165) is 45.3 Å². The number of ether oxygens (including phenoxy) is 1. The van der Waals surface area contributed by atoms with Crippen LogP contribution in [0.5, 0.6) is 0 Å². The molecule has 5 heterocycles. The molecule has 6 rings (SSSR count). The Morgan fingerprint density at radius 2 is 1.80 bits per heavy atom. The highest BCUT2D eigenvalue weighted by atomic mass is 35.5. The number of thiocarbonyl (C=S) groups is 1. The number of piperidine rings is 1. The van der Waals surface area contributed by atoms with Crippen LogP contribution in [0.3, 0.4) is 0 Å². The molecule has 2 N–H and O–H groups in total. The van der Waals surface area contributed by atoms with Crippen LogP contribution in [0, 0.1) is 11.3 Å². The van der Waals surface area contributed by atoms with Gasteiger partial charge in [-0.15, -0.1) is 12.4 Å². The Bertz CT molecular complexity index is 1790. The maximum atomic E-state index is 13.6. The number of piperazine rings is 1. The third kappa shape index (κ3) is 8.85. The number of amides is 4. The molecule has 1 aliphatic carbocycles. The topological polar surface area (TPSA) is 164 Å². The van der Waals surface area contributed by atoms with Gasteiger partial charge in [0.25, 0.3) is 5.91 Å². The van der Waals surface area contributed by atoms with Crippen LogP contribution in [0.25, 0.3) is 0 Å². The van der Waals surface area contributed by atoms with Crippen molar-refractivity contribution in [1.82, 2.24) is 30.0 Å². The molecule has 2 aromatic heterocycles. The molecule has 3 saturated heterocycles. The Labute approximate surface area is 332 Å². The first-order chi connectivity index (χ1) is 25.3.